The van der Waals surface area contributed by atoms with E-state index in [9.17, 15) is 4.79 Å². The number of rotatable bonds is 3. The molecule has 0 amide bonds. The number of carbonyl (C=O) groups is 1. The van der Waals surface area contributed by atoms with Crippen molar-refractivity contribution in [2.75, 3.05) is 6.54 Å². The van der Waals surface area contributed by atoms with Gasteiger partial charge in [0.05, 0.1) is 0 Å². The Balaban J connectivity index is 2.01. The number of carbonyl (C=O) groups excluding carboxylic acids is 1. The minimum absolute atomic E-state index is 0.265. The first-order valence-corrected chi connectivity index (χ1v) is 5.99. The SMILES string of the molecule is CCC(C)C(=O)C1CC2CCC1NC2. The zero-order valence-corrected chi connectivity index (χ0v) is 9.25. The number of hydrogen-bond acceptors (Lipinski definition) is 2. The van der Waals surface area contributed by atoms with Crippen LogP contribution < -0.4 is 5.32 Å². The van der Waals surface area contributed by atoms with Crippen molar-refractivity contribution >= 4 is 5.78 Å². The van der Waals surface area contributed by atoms with Gasteiger partial charge in [0.2, 0.25) is 0 Å². The fourth-order valence-corrected chi connectivity index (χ4v) is 2.89. The van der Waals surface area contributed by atoms with Gasteiger partial charge in [-0.25, -0.2) is 0 Å². The second-order valence-corrected chi connectivity index (χ2v) is 5.01. The van der Waals surface area contributed by atoms with Crippen LogP contribution >= 0.6 is 0 Å². The standard InChI is InChI=1S/C12H21NO/c1-3-8(2)12(14)10-6-9-4-5-11(10)13-7-9/h8-11,13H,3-7H2,1-2H3. The van der Waals surface area contributed by atoms with Crippen molar-refractivity contribution in [2.45, 2.75) is 45.6 Å². The van der Waals surface area contributed by atoms with Gasteiger partial charge in [-0.15, -0.1) is 0 Å². The van der Waals surface area contributed by atoms with E-state index in [1.165, 1.54) is 12.8 Å². The molecule has 0 aromatic heterocycles. The minimum atomic E-state index is 0.265. The molecule has 3 fully saturated rings. The average molecular weight is 195 g/mol. The maximum atomic E-state index is 12.1. The predicted octanol–water partition coefficient (Wildman–Crippen LogP) is 1.99. The van der Waals surface area contributed by atoms with Crippen molar-refractivity contribution in [3.8, 4) is 0 Å². The van der Waals surface area contributed by atoms with Crippen molar-refractivity contribution in [3.05, 3.63) is 0 Å². The van der Waals surface area contributed by atoms with Crippen LogP contribution in [0, 0.1) is 17.8 Å². The Morgan fingerprint density at radius 1 is 1.50 bits per heavy atom. The summed E-state index contributed by atoms with van der Waals surface area (Å²) in [4.78, 5) is 12.1. The molecule has 2 bridgehead atoms. The molecule has 0 aromatic rings. The molecule has 2 heteroatoms. The summed E-state index contributed by atoms with van der Waals surface area (Å²) in [5.74, 6) is 1.88. The largest absolute Gasteiger partial charge is 0.313 e. The van der Waals surface area contributed by atoms with E-state index in [2.05, 4.69) is 19.2 Å². The number of hydrogen-bond donors (Lipinski definition) is 1. The van der Waals surface area contributed by atoms with Gasteiger partial charge in [-0.3, -0.25) is 4.79 Å². The molecule has 80 valence electrons. The van der Waals surface area contributed by atoms with Gasteiger partial charge in [-0.1, -0.05) is 13.8 Å². The third-order valence-electron chi connectivity index (χ3n) is 4.09. The van der Waals surface area contributed by atoms with Crippen LogP contribution in [0.1, 0.15) is 39.5 Å². The first-order valence-electron chi connectivity index (χ1n) is 5.99. The molecule has 4 unspecified atom stereocenters. The lowest BCUT2D eigenvalue weighted by Gasteiger charge is -2.43. The molecule has 1 saturated carbocycles. The van der Waals surface area contributed by atoms with Gasteiger partial charge in [-0.05, 0) is 38.1 Å². The van der Waals surface area contributed by atoms with Gasteiger partial charge in [-0.2, -0.15) is 0 Å². The number of piperidine rings is 2. The van der Waals surface area contributed by atoms with Crippen molar-refractivity contribution in [3.63, 3.8) is 0 Å². The number of nitrogens with one attached hydrogen (secondary N) is 1. The van der Waals surface area contributed by atoms with Crippen molar-refractivity contribution in [1.82, 2.24) is 5.32 Å². The van der Waals surface area contributed by atoms with Crippen LogP contribution in [0.3, 0.4) is 0 Å². The highest BCUT2D eigenvalue weighted by Gasteiger charge is 2.39. The molecule has 2 aliphatic heterocycles. The van der Waals surface area contributed by atoms with Crippen LogP contribution in [0.15, 0.2) is 0 Å². The van der Waals surface area contributed by atoms with E-state index in [0.717, 1.165) is 25.3 Å². The minimum Gasteiger partial charge on any atom is -0.313 e. The number of fused-ring (bicyclic) bond motifs is 3. The Labute approximate surface area is 86.5 Å². The first-order chi connectivity index (χ1) is 6.72. The van der Waals surface area contributed by atoms with Crippen LogP contribution in [0.4, 0.5) is 0 Å². The van der Waals surface area contributed by atoms with E-state index < -0.39 is 0 Å². The van der Waals surface area contributed by atoms with E-state index in [4.69, 9.17) is 0 Å². The quantitative estimate of drug-likeness (QED) is 0.746. The van der Waals surface area contributed by atoms with Gasteiger partial charge in [0.1, 0.15) is 5.78 Å². The Morgan fingerprint density at radius 2 is 2.29 bits per heavy atom. The molecule has 0 spiro atoms. The van der Waals surface area contributed by atoms with E-state index in [-0.39, 0.29) is 5.92 Å². The molecule has 1 N–H and O–H groups in total. The molecule has 14 heavy (non-hydrogen) atoms. The van der Waals surface area contributed by atoms with Crippen molar-refractivity contribution < 1.29 is 4.79 Å². The summed E-state index contributed by atoms with van der Waals surface area (Å²) in [5.41, 5.74) is 0. The lowest BCUT2D eigenvalue weighted by molar-refractivity contribution is -0.130. The maximum Gasteiger partial charge on any atom is 0.140 e. The first kappa shape index (κ1) is 10.2. The van der Waals surface area contributed by atoms with Gasteiger partial charge in [0, 0.05) is 17.9 Å². The van der Waals surface area contributed by atoms with E-state index in [0.29, 0.717) is 17.7 Å². The zero-order chi connectivity index (χ0) is 10.1. The summed E-state index contributed by atoms with van der Waals surface area (Å²) >= 11 is 0. The Morgan fingerprint density at radius 3 is 2.71 bits per heavy atom. The number of ketones is 1. The Kier molecular flexibility index (Phi) is 2.91. The highest BCUT2D eigenvalue weighted by Crippen LogP contribution is 2.35. The monoisotopic (exact) mass is 195 g/mol. The fourth-order valence-electron chi connectivity index (χ4n) is 2.89. The van der Waals surface area contributed by atoms with E-state index in [1.54, 1.807) is 0 Å². The smallest absolute Gasteiger partial charge is 0.140 e. The van der Waals surface area contributed by atoms with Crippen LogP contribution in [0.2, 0.25) is 0 Å². The summed E-state index contributed by atoms with van der Waals surface area (Å²) in [7, 11) is 0. The zero-order valence-electron chi connectivity index (χ0n) is 9.25. The van der Waals surface area contributed by atoms with Gasteiger partial charge < -0.3 is 5.32 Å². The van der Waals surface area contributed by atoms with Gasteiger partial charge in [0.15, 0.2) is 0 Å². The van der Waals surface area contributed by atoms with Crippen molar-refractivity contribution in [1.29, 1.82) is 0 Å². The molecule has 2 nitrogen and oxygen atoms in total. The Hall–Kier alpha value is -0.370. The fraction of sp³-hybridized carbons (Fsp3) is 0.917. The molecular formula is C12H21NO. The summed E-state index contributed by atoms with van der Waals surface area (Å²) in [6, 6.07) is 0.501. The second kappa shape index (κ2) is 4.01. The van der Waals surface area contributed by atoms with Crippen LogP contribution in [0.5, 0.6) is 0 Å². The highest BCUT2D eigenvalue weighted by molar-refractivity contribution is 5.84. The molecule has 2 heterocycles. The highest BCUT2D eigenvalue weighted by atomic mass is 16.1. The van der Waals surface area contributed by atoms with Crippen molar-refractivity contribution in [2.24, 2.45) is 17.8 Å². The van der Waals surface area contributed by atoms with Crippen LogP contribution in [-0.4, -0.2) is 18.4 Å². The Bertz CT molecular complexity index is 218. The normalized spacial score (nSPS) is 38.3. The molecule has 2 saturated heterocycles. The lowest BCUT2D eigenvalue weighted by Crippen LogP contribution is -2.53. The summed E-state index contributed by atoms with van der Waals surface area (Å²) in [6.45, 7) is 5.33. The predicted molar refractivity (Wildman–Crippen MR) is 57.1 cm³/mol. The molecule has 0 radical (unpaired) electrons. The molecule has 4 atom stereocenters. The van der Waals surface area contributed by atoms with Crippen LogP contribution in [0.25, 0.3) is 0 Å². The maximum absolute atomic E-state index is 12.1. The second-order valence-electron chi connectivity index (χ2n) is 5.01. The molecule has 3 rings (SSSR count). The average Bonchev–Trinajstić information content (AvgIpc) is 2.28. The summed E-state index contributed by atoms with van der Waals surface area (Å²) < 4.78 is 0. The summed E-state index contributed by atoms with van der Waals surface area (Å²) in [6.07, 6.45) is 4.70. The van der Waals surface area contributed by atoms with Gasteiger partial charge >= 0.3 is 0 Å². The molecular weight excluding hydrogens is 174 g/mol. The third-order valence-corrected chi connectivity index (χ3v) is 4.09. The molecule has 0 aromatic carbocycles. The third kappa shape index (κ3) is 1.72. The van der Waals surface area contributed by atoms with Crippen LogP contribution in [-0.2, 0) is 4.79 Å². The van der Waals surface area contributed by atoms with Gasteiger partial charge in [0.25, 0.3) is 0 Å². The lowest BCUT2D eigenvalue weighted by atomic mass is 9.70. The number of Topliss-reactive ketones (excluding diaryl/α,β-unsaturated/α-hetero) is 1. The summed E-state index contributed by atoms with van der Waals surface area (Å²) in [5, 5.41) is 3.51. The molecule has 1 aliphatic carbocycles. The van der Waals surface area contributed by atoms with E-state index >= 15 is 0 Å². The molecule has 3 aliphatic rings. The topological polar surface area (TPSA) is 29.1 Å². The van der Waals surface area contributed by atoms with E-state index in [1.807, 2.05) is 0 Å².